The molecule has 17 heavy (non-hydrogen) atoms. The summed E-state index contributed by atoms with van der Waals surface area (Å²) >= 11 is 0. The van der Waals surface area contributed by atoms with Gasteiger partial charge in [-0.2, -0.15) is 0 Å². The van der Waals surface area contributed by atoms with E-state index in [9.17, 15) is 0 Å². The Balaban J connectivity index is 1.53. The topological polar surface area (TPSA) is 24.5 Å². The van der Waals surface area contributed by atoms with Gasteiger partial charge in [-0.3, -0.25) is 4.90 Å². The molecule has 3 unspecified atom stereocenters. The van der Waals surface area contributed by atoms with Gasteiger partial charge in [-0.05, 0) is 57.5 Å². The zero-order valence-corrected chi connectivity index (χ0v) is 10.9. The summed E-state index contributed by atoms with van der Waals surface area (Å²) in [7, 11) is 0. The summed E-state index contributed by atoms with van der Waals surface area (Å²) in [6.45, 7) is 5.83. The lowest BCUT2D eigenvalue weighted by atomic mass is 9.99. The Bertz CT molecular complexity index is 234. The van der Waals surface area contributed by atoms with Crippen molar-refractivity contribution in [2.24, 2.45) is 5.92 Å². The highest BCUT2D eigenvalue weighted by atomic mass is 16.5. The summed E-state index contributed by atoms with van der Waals surface area (Å²) < 4.78 is 5.61. The quantitative estimate of drug-likeness (QED) is 0.809. The summed E-state index contributed by atoms with van der Waals surface area (Å²) in [5.41, 5.74) is 0. The molecule has 3 aliphatic heterocycles. The van der Waals surface area contributed by atoms with Gasteiger partial charge in [0.15, 0.2) is 0 Å². The third kappa shape index (κ3) is 2.83. The van der Waals surface area contributed by atoms with Gasteiger partial charge >= 0.3 is 0 Å². The first-order chi connectivity index (χ1) is 8.43. The highest BCUT2D eigenvalue weighted by molar-refractivity contribution is 4.92. The highest BCUT2D eigenvalue weighted by Crippen LogP contribution is 2.27. The van der Waals surface area contributed by atoms with Gasteiger partial charge in [0.25, 0.3) is 0 Å². The first-order valence-corrected chi connectivity index (χ1v) is 7.48. The maximum Gasteiger partial charge on any atom is 0.0506 e. The van der Waals surface area contributed by atoms with Crippen LogP contribution in [0.4, 0.5) is 0 Å². The van der Waals surface area contributed by atoms with Crippen LogP contribution in [0.3, 0.4) is 0 Å². The summed E-state index contributed by atoms with van der Waals surface area (Å²) in [6.07, 6.45) is 8.22. The molecule has 3 saturated heterocycles. The largest absolute Gasteiger partial charge is 0.381 e. The monoisotopic (exact) mass is 238 g/mol. The second-order valence-corrected chi connectivity index (χ2v) is 5.99. The van der Waals surface area contributed by atoms with Gasteiger partial charge in [-0.1, -0.05) is 0 Å². The summed E-state index contributed by atoms with van der Waals surface area (Å²) in [6, 6.07) is 1.60. The first-order valence-electron chi connectivity index (χ1n) is 7.48. The van der Waals surface area contributed by atoms with Crippen LogP contribution < -0.4 is 5.32 Å². The van der Waals surface area contributed by atoms with E-state index in [2.05, 4.69) is 10.2 Å². The van der Waals surface area contributed by atoms with Crippen LogP contribution in [0.2, 0.25) is 0 Å². The van der Waals surface area contributed by atoms with Crippen LogP contribution in [-0.2, 0) is 4.74 Å². The van der Waals surface area contributed by atoms with E-state index in [1.165, 1.54) is 58.2 Å². The van der Waals surface area contributed by atoms with E-state index >= 15 is 0 Å². The van der Waals surface area contributed by atoms with E-state index in [0.29, 0.717) is 0 Å². The van der Waals surface area contributed by atoms with Crippen molar-refractivity contribution < 1.29 is 4.74 Å². The van der Waals surface area contributed by atoms with E-state index in [0.717, 1.165) is 31.2 Å². The van der Waals surface area contributed by atoms with Crippen LogP contribution in [0, 0.1) is 5.92 Å². The molecular weight excluding hydrogens is 212 g/mol. The standard InChI is InChI=1S/C14H26N2O/c1-5-13(15-7-1)14-6-2-8-16(14)10-12-4-3-9-17-11-12/h12-15H,1-11H2. The Kier molecular flexibility index (Phi) is 3.99. The SMILES string of the molecule is C1COCC(CN2CCCC2C2CCCN2)C1. The fourth-order valence-electron chi connectivity index (χ4n) is 3.86. The minimum absolute atomic E-state index is 0.780. The smallest absolute Gasteiger partial charge is 0.0506 e. The van der Waals surface area contributed by atoms with Crippen LogP contribution in [-0.4, -0.2) is 49.8 Å². The molecule has 0 aliphatic carbocycles. The molecule has 0 saturated carbocycles. The van der Waals surface area contributed by atoms with E-state index in [1.54, 1.807) is 0 Å². The maximum absolute atomic E-state index is 5.61. The zero-order chi connectivity index (χ0) is 11.5. The molecule has 0 bridgehead atoms. The molecule has 3 aliphatic rings. The van der Waals surface area contributed by atoms with Crippen LogP contribution >= 0.6 is 0 Å². The normalized spacial score (nSPS) is 39.9. The van der Waals surface area contributed by atoms with Crippen molar-refractivity contribution in [3.63, 3.8) is 0 Å². The van der Waals surface area contributed by atoms with Crippen LogP contribution in [0.15, 0.2) is 0 Å². The third-order valence-corrected chi connectivity index (χ3v) is 4.72. The van der Waals surface area contributed by atoms with Crippen molar-refractivity contribution in [3.05, 3.63) is 0 Å². The number of rotatable bonds is 3. The fraction of sp³-hybridized carbons (Fsp3) is 1.00. The number of nitrogens with one attached hydrogen (secondary N) is 1. The van der Waals surface area contributed by atoms with Gasteiger partial charge in [0.1, 0.15) is 0 Å². The van der Waals surface area contributed by atoms with Gasteiger partial charge in [0.2, 0.25) is 0 Å². The summed E-state index contributed by atoms with van der Waals surface area (Å²) in [4.78, 5) is 2.75. The second-order valence-electron chi connectivity index (χ2n) is 5.99. The molecule has 1 N–H and O–H groups in total. The van der Waals surface area contributed by atoms with Crippen molar-refractivity contribution in [2.45, 2.75) is 50.6 Å². The molecular formula is C14H26N2O. The lowest BCUT2D eigenvalue weighted by Crippen LogP contribution is -2.46. The van der Waals surface area contributed by atoms with Crippen LogP contribution in [0.1, 0.15) is 38.5 Å². The van der Waals surface area contributed by atoms with E-state index in [1.807, 2.05) is 0 Å². The Morgan fingerprint density at radius 1 is 1.12 bits per heavy atom. The molecule has 0 aromatic rings. The highest BCUT2D eigenvalue weighted by Gasteiger charge is 2.34. The van der Waals surface area contributed by atoms with Crippen molar-refractivity contribution in [1.29, 1.82) is 0 Å². The first kappa shape index (κ1) is 11.9. The van der Waals surface area contributed by atoms with Gasteiger partial charge in [0, 0.05) is 25.2 Å². The van der Waals surface area contributed by atoms with Gasteiger partial charge < -0.3 is 10.1 Å². The molecule has 3 nitrogen and oxygen atoms in total. The lowest BCUT2D eigenvalue weighted by molar-refractivity contribution is 0.0344. The fourth-order valence-corrected chi connectivity index (χ4v) is 3.86. The number of hydrogen-bond donors (Lipinski definition) is 1. The molecule has 98 valence electrons. The molecule has 3 heteroatoms. The molecule has 0 radical (unpaired) electrons. The Hall–Kier alpha value is -0.120. The number of hydrogen-bond acceptors (Lipinski definition) is 3. The van der Waals surface area contributed by atoms with Gasteiger partial charge in [0.05, 0.1) is 6.61 Å². The number of likely N-dealkylation sites (tertiary alicyclic amines) is 1. The van der Waals surface area contributed by atoms with E-state index < -0.39 is 0 Å². The predicted octanol–water partition coefficient (Wildman–Crippen LogP) is 1.63. The zero-order valence-electron chi connectivity index (χ0n) is 10.9. The van der Waals surface area contributed by atoms with Gasteiger partial charge in [-0.25, -0.2) is 0 Å². The molecule has 3 atom stereocenters. The van der Waals surface area contributed by atoms with Gasteiger partial charge in [-0.15, -0.1) is 0 Å². The van der Waals surface area contributed by atoms with E-state index in [4.69, 9.17) is 4.74 Å². The molecule has 0 aromatic carbocycles. The summed E-state index contributed by atoms with van der Waals surface area (Å²) in [5, 5.41) is 3.69. The minimum Gasteiger partial charge on any atom is -0.381 e. The molecule has 3 rings (SSSR count). The van der Waals surface area contributed by atoms with E-state index in [-0.39, 0.29) is 0 Å². The second kappa shape index (κ2) is 5.68. The van der Waals surface area contributed by atoms with Crippen molar-refractivity contribution in [1.82, 2.24) is 10.2 Å². The van der Waals surface area contributed by atoms with Crippen LogP contribution in [0.5, 0.6) is 0 Å². The van der Waals surface area contributed by atoms with Crippen molar-refractivity contribution in [2.75, 3.05) is 32.8 Å². The van der Waals surface area contributed by atoms with Crippen LogP contribution in [0.25, 0.3) is 0 Å². The average molecular weight is 238 g/mol. The third-order valence-electron chi connectivity index (χ3n) is 4.72. The Morgan fingerprint density at radius 3 is 2.88 bits per heavy atom. The summed E-state index contributed by atoms with van der Waals surface area (Å²) in [5.74, 6) is 0.797. The maximum atomic E-state index is 5.61. The molecule has 0 spiro atoms. The minimum atomic E-state index is 0.780. The predicted molar refractivity (Wildman–Crippen MR) is 69.2 cm³/mol. The number of nitrogens with zero attached hydrogens (tertiary/aromatic N) is 1. The van der Waals surface area contributed by atoms with Crippen molar-refractivity contribution >= 4 is 0 Å². The molecule has 3 heterocycles. The lowest BCUT2D eigenvalue weighted by Gasteiger charge is -2.33. The number of ether oxygens (including phenoxy) is 1. The van der Waals surface area contributed by atoms with Crippen molar-refractivity contribution in [3.8, 4) is 0 Å². The molecule has 3 fully saturated rings. The molecule has 0 aromatic heterocycles. The average Bonchev–Trinajstić information content (AvgIpc) is 3.00. The Morgan fingerprint density at radius 2 is 2.12 bits per heavy atom. The Labute approximate surface area is 105 Å². The molecule has 0 amide bonds.